The first kappa shape index (κ1) is 27.1. The Bertz CT molecular complexity index is 1120. The molecule has 0 aromatic heterocycles. The van der Waals surface area contributed by atoms with E-state index in [2.05, 4.69) is 5.32 Å². The van der Waals surface area contributed by atoms with E-state index in [1.165, 1.54) is 17.0 Å². The van der Waals surface area contributed by atoms with Crippen LogP contribution in [0.4, 0.5) is 45.2 Å². The van der Waals surface area contributed by atoms with Crippen LogP contribution in [-0.2, 0) is 22.6 Å². The van der Waals surface area contributed by atoms with E-state index in [0.29, 0.717) is 11.3 Å². The zero-order valence-corrected chi connectivity index (χ0v) is 19.5. The number of hydrogen-bond donors (Lipinski definition) is 1. The third-order valence-corrected chi connectivity index (χ3v) is 7.02. The van der Waals surface area contributed by atoms with E-state index < -0.39 is 53.6 Å². The molecule has 2 aromatic rings. The summed E-state index contributed by atoms with van der Waals surface area (Å²) in [6.45, 7) is 0.679. The molecule has 4 rings (SSSR count). The lowest BCUT2D eigenvalue weighted by atomic mass is 9.77. The van der Waals surface area contributed by atoms with Gasteiger partial charge in [0.05, 0.1) is 17.2 Å². The van der Waals surface area contributed by atoms with E-state index >= 15 is 0 Å². The van der Waals surface area contributed by atoms with E-state index in [0.717, 1.165) is 12.8 Å². The van der Waals surface area contributed by atoms with Crippen molar-refractivity contribution in [2.45, 2.75) is 56.2 Å². The molecule has 1 amide bonds. The Kier molecular flexibility index (Phi) is 6.69. The summed E-state index contributed by atoms with van der Waals surface area (Å²) in [5.74, 6) is -0.0825. The van der Waals surface area contributed by atoms with Crippen LogP contribution < -0.4 is 10.2 Å². The number of benzene rings is 2. The Morgan fingerprint density at radius 3 is 1.92 bits per heavy atom. The van der Waals surface area contributed by atoms with Gasteiger partial charge in [-0.15, -0.1) is 0 Å². The minimum Gasteiger partial charge on any atom is -0.370 e. The number of anilines is 1. The van der Waals surface area contributed by atoms with Crippen molar-refractivity contribution in [2.24, 2.45) is 5.92 Å². The topological polar surface area (TPSA) is 32.3 Å². The Hall–Kier alpha value is -2.92. The van der Waals surface area contributed by atoms with Crippen LogP contribution in [0.2, 0.25) is 0 Å². The molecule has 1 aliphatic carbocycles. The highest BCUT2D eigenvalue weighted by atomic mass is 19.4. The SMILES string of the molecule is CC(NC(=O)C1CC1)c1ccc(N2CCC(c3cc(C(F)(F)F)cc(C(F)(F)F)c3)(C(F)(F)F)C2)cc1. The van der Waals surface area contributed by atoms with Crippen molar-refractivity contribution in [1.29, 1.82) is 0 Å². The highest BCUT2D eigenvalue weighted by Crippen LogP contribution is 2.50. The summed E-state index contributed by atoms with van der Waals surface area (Å²) in [6, 6.07) is 6.09. The van der Waals surface area contributed by atoms with Crippen LogP contribution in [-0.4, -0.2) is 25.2 Å². The number of alkyl halides is 9. The summed E-state index contributed by atoms with van der Waals surface area (Å²) >= 11 is 0. The van der Waals surface area contributed by atoms with Crippen molar-refractivity contribution < 1.29 is 44.3 Å². The molecule has 2 aromatic carbocycles. The third kappa shape index (κ3) is 5.52. The number of carbonyl (C=O) groups is 1. The van der Waals surface area contributed by atoms with E-state index in [4.69, 9.17) is 0 Å². The van der Waals surface area contributed by atoms with Crippen molar-refractivity contribution in [2.75, 3.05) is 18.0 Å². The first-order valence-electron chi connectivity index (χ1n) is 11.5. The molecule has 0 spiro atoms. The van der Waals surface area contributed by atoms with Gasteiger partial charge in [0, 0.05) is 24.7 Å². The van der Waals surface area contributed by atoms with Gasteiger partial charge in [-0.2, -0.15) is 39.5 Å². The first-order valence-corrected chi connectivity index (χ1v) is 11.5. The van der Waals surface area contributed by atoms with Crippen molar-refractivity contribution >= 4 is 11.6 Å². The van der Waals surface area contributed by atoms with Crippen molar-refractivity contribution in [3.05, 3.63) is 64.7 Å². The zero-order valence-electron chi connectivity index (χ0n) is 19.5. The van der Waals surface area contributed by atoms with Crippen LogP contribution in [0.15, 0.2) is 42.5 Å². The van der Waals surface area contributed by atoms with Crippen LogP contribution in [0.5, 0.6) is 0 Å². The molecule has 3 nitrogen and oxygen atoms in total. The summed E-state index contributed by atoms with van der Waals surface area (Å²) in [5, 5.41) is 2.85. The van der Waals surface area contributed by atoms with Crippen LogP contribution in [0.25, 0.3) is 0 Å². The predicted molar refractivity (Wildman–Crippen MR) is 117 cm³/mol. The molecule has 2 unspecified atom stereocenters. The number of hydrogen-bond acceptors (Lipinski definition) is 2. The minimum absolute atomic E-state index is 0.00414. The molecule has 1 saturated carbocycles. The van der Waals surface area contributed by atoms with Crippen molar-refractivity contribution in [1.82, 2.24) is 5.32 Å². The summed E-state index contributed by atoms with van der Waals surface area (Å²) in [7, 11) is 0. The summed E-state index contributed by atoms with van der Waals surface area (Å²) in [5.41, 5.74) is -6.54. The van der Waals surface area contributed by atoms with E-state index in [1.54, 1.807) is 19.1 Å². The first-order chi connectivity index (χ1) is 17.0. The van der Waals surface area contributed by atoms with Gasteiger partial charge < -0.3 is 10.2 Å². The second-order valence-electron chi connectivity index (χ2n) is 9.64. The molecule has 1 N–H and O–H groups in total. The second kappa shape index (κ2) is 9.13. The fourth-order valence-electron chi connectivity index (χ4n) is 4.63. The van der Waals surface area contributed by atoms with Gasteiger partial charge in [-0.05, 0) is 67.6 Å². The largest absolute Gasteiger partial charge is 0.416 e. The van der Waals surface area contributed by atoms with Gasteiger partial charge >= 0.3 is 18.5 Å². The van der Waals surface area contributed by atoms with Crippen LogP contribution in [0.3, 0.4) is 0 Å². The quantitative estimate of drug-likeness (QED) is 0.415. The molecule has 37 heavy (non-hydrogen) atoms. The molecular formula is C25H23F9N2O. The lowest BCUT2D eigenvalue weighted by molar-refractivity contribution is -0.185. The molecule has 202 valence electrons. The van der Waals surface area contributed by atoms with E-state index in [1.807, 2.05) is 0 Å². The normalized spacial score (nSPS) is 21.7. The molecule has 1 aliphatic heterocycles. The van der Waals surface area contributed by atoms with Gasteiger partial charge in [0.2, 0.25) is 5.91 Å². The van der Waals surface area contributed by atoms with Crippen LogP contribution >= 0.6 is 0 Å². The molecular weight excluding hydrogens is 515 g/mol. The molecule has 1 heterocycles. The average molecular weight is 538 g/mol. The molecule has 0 bridgehead atoms. The number of amides is 1. The Morgan fingerprint density at radius 1 is 0.919 bits per heavy atom. The second-order valence-corrected chi connectivity index (χ2v) is 9.64. The smallest absolute Gasteiger partial charge is 0.370 e. The standard InChI is InChI=1S/C25H23F9N2O/c1-14(35-21(37)16-2-3-16)15-4-6-20(7-5-15)36-9-8-22(13-36,25(32,33)34)17-10-18(23(26,27)28)12-19(11-17)24(29,30)31/h4-7,10-12,14,16H,2-3,8-9,13H2,1H3,(H,35,37). The molecule has 12 heteroatoms. The van der Waals surface area contributed by atoms with Gasteiger partial charge in [0.15, 0.2) is 0 Å². The van der Waals surface area contributed by atoms with E-state index in [-0.39, 0.29) is 42.6 Å². The van der Waals surface area contributed by atoms with Crippen LogP contribution in [0, 0.1) is 5.92 Å². The Balaban J connectivity index is 1.64. The number of nitrogens with one attached hydrogen (secondary N) is 1. The minimum atomic E-state index is -5.26. The number of nitrogens with zero attached hydrogens (tertiary/aromatic N) is 1. The predicted octanol–water partition coefficient (Wildman–Crippen LogP) is 7.02. The van der Waals surface area contributed by atoms with Crippen molar-refractivity contribution in [3.8, 4) is 0 Å². The zero-order chi connectivity index (χ0) is 27.4. The lowest BCUT2D eigenvalue weighted by Crippen LogP contribution is -2.45. The van der Waals surface area contributed by atoms with Gasteiger partial charge in [0.25, 0.3) is 0 Å². The maximum absolute atomic E-state index is 14.4. The number of carbonyl (C=O) groups excluding carboxylic acids is 1. The van der Waals surface area contributed by atoms with Gasteiger partial charge in [-0.25, -0.2) is 0 Å². The fraction of sp³-hybridized carbons (Fsp3) is 0.480. The average Bonchev–Trinajstić information content (AvgIpc) is 3.55. The van der Waals surface area contributed by atoms with Crippen LogP contribution in [0.1, 0.15) is 54.5 Å². The molecule has 2 atom stereocenters. The molecule has 0 radical (unpaired) electrons. The van der Waals surface area contributed by atoms with Gasteiger partial charge in [0.1, 0.15) is 5.41 Å². The summed E-state index contributed by atoms with van der Waals surface area (Å²) in [6.07, 6.45) is -14.7. The maximum atomic E-state index is 14.4. The molecule has 1 saturated heterocycles. The summed E-state index contributed by atoms with van der Waals surface area (Å²) < 4.78 is 123. The highest BCUT2D eigenvalue weighted by molar-refractivity contribution is 5.81. The highest BCUT2D eigenvalue weighted by Gasteiger charge is 2.60. The monoisotopic (exact) mass is 538 g/mol. The fourth-order valence-corrected chi connectivity index (χ4v) is 4.63. The van der Waals surface area contributed by atoms with Gasteiger partial charge in [-0.1, -0.05) is 12.1 Å². The number of rotatable bonds is 5. The molecule has 2 fully saturated rings. The Labute approximate surface area is 206 Å². The molecule has 2 aliphatic rings. The Morgan fingerprint density at radius 2 is 1.46 bits per heavy atom. The lowest BCUT2D eigenvalue weighted by Gasteiger charge is -2.33. The van der Waals surface area contributed by atoms with Gasteiger partial charge in [-0.3, -0.25) is 4.79 Å². The number of halogens is 9. The van der Waals surface area contributed by atoms with Crippen molar-refractivity contribution in [3.63, 3.8) is 0 Å². The maximum Gasteiger partial charge on any atom is 0.416 e. The summed E-state index contributed by atoms with van der Waals surface area (Å²) in [4.78, 5) is 13.3. The van der Waals surface area contributed by atoms with E-state index in [9.17, 15) is 44.3 Å². The third-order valence-electron chi connectivity index (χ3n) is 7.02.